The molecule has 0 saturated carbocycles. The first-order chi connectivity index (χ1) is 9.58. The summed E-state index contributed by atoms with van der Waals surface area (Å²) in [6, 6.07) is 6.90. The summed E-state index contributed by atoms with van der Waals surface area (Å²) in [5.41, 5.74) is 2.13. The number of urea groups is 1. The van der Waals surface area contributed by atoms with Crippen LogP contribution in [0.25, 0.3) is 0 Å². The summed E-state index contributed by atoms with van der Waals surface area (Å²) in [7, 11) is 0. The molecule has 6 heteroatoms. The molecule has 2 unspecified atom stereocenters. The average Bonchev–Trinajstić information content (AvgIpc) is 2.86. The molecule has 0 aliphatic carbocycles. The van der Waals surface area contributed by atoms with Crippen LogP contribution in [0.1, 0.15) is 11.1 Å². The van der Waals surface area contributed by atoms with Gasteiger partial charge in [0.2, 0.25) is 0 Å². The average molecular weight is 278 g/mol. The molecule has 3 N–H and O–H groups in total. The normalized spacial score (nSPS) is 21.4. The van der Waals surface area contributed by atoms with Gasteiger partial charge in [-0.05, 0) is 18.1 Å². The second-order valence-corrected chi connectivity index (χ2v) is 4.84. The minimum absolute atomic E-state index is 0.137. The van der Waals surface area contributed by atoms with Crippen LogP contribution in [0.3, 0.4) is 0 Å². The lowest BCUT2D eigenvalue weighted by molar-refractivity contribution is -0.142. The molecule has 2 rings (SSSR count). The van der Waals surface area contributed by atoms with Crippen molar-refractivity contribution in [2.45, 2.75) is 19.5 Å². The van der Waals surface area contributed by atoms with E-state index in [1.807, 2.05) is 31.2 Å². The van der Waals surface area contributed by atoms with E-state index < -0.39 is 17.9 Å². The van der Waals surface area contributed by atoms with Gasteiger partial charge in [-0.1, -0.05) is 24.3 Å². The number of carboxylic acid groups (broad SMARTS) is 1. The van der Waals surface area contributed by atoms with Crippen molar-refractivity contribution in [2.75, 3.05) is 13.2 Å². The highest BCUT2D eigenvalue weighted by atomic mass is 16.5. The third-order valence-electron chi connectivity index (χ3n) is 3.41. The van der Waals surface area contributed by atoms with Crippen LogP contribution >= 0.6 is 0 Å². The molecular formula is C14H18N2O4. The number of hydrogen-bond donors (Lipinski definition) is 3. The van der Waals surface area contributed by atoms with Crippen molar-refractivity contribution in [3.8, 4) is 0 Å². The summed E-state index contributed by atoms with van der Waals surface area (Å²) in [4.78, 5) is 22.7. The molecule has 1 aliphatic rings. The predicted molar refractivity (Wildman–Crippen MR) is 72.3 cm³/mol. The summed E-state index contributed by atoms with van der Waals surface area (Å²) < 4.78 is 5.09. The van der Waals surface area contributed by atoms with Crippen LogP contribution in [0.4, 0.5) is 4.79 Å². The van der Waals surface area contributed by atoms with Crippen LogP contribution < -0.4 is 10.6 Å². The van der Waals surface area contributed by atoms with Crippen LogP contribution in [0.15, 0.2) is 24.3 Å². The Morgan fingerprint density at radius 2 is 2.10 bits per heavy atom. The smallest absolute Gasteiger partial charge is 0.315 e. The van der Waals surface area contributed by atoms with Crippen LogP contribution in [0.5, 0.6) is 0 Å². The Bertz CT molecular complexity index is 504. The number of hydrogen-bond acceptors (Lipinski definition) is 3. The third-order valence-corrected chi connectivity index (χ3v) is 3.41. The van der Waals surface area contributed by atoms with Crippen molar-refractivity contribution in [3.63, 3.8) is 0 Å². The van der Waals surface area contributed by atoms with E-state index in [4.69, 9.17) is 9.84 Å². The van der Waals surface area contributed by atoms with Crippen LogP contribution in [-0.2, 0) is 16.1 Å². The molecule has 1 aliphatic heterocycles. The highest BCUT2D eigenvalue weighted by Crippen LogP contribution is 2.13. The molecule has 0 aromatic heterocycles. The number of nitrogens with one attached hydrogen (secondary N) is 2. The van der Waals surface area contributed by atoms with Gasteiger partial charge in [-0.25, -0.2) is 4.79 Å². The van der Waals surface area contributed by atoms with Crippen molar-refractivity contribution in [1.29, 1.82) is 0 Å². The fraction of sp³-hybridized carbons (Fsp3) is 0.429. The Morgan fingerprint density at radius 3 is 2.80 bits per heavy atom. The van der Waals surface area contributed by atoms with E-state index in [1.165, 1.54) is 0 Å². The number of aliphatic carboxylic acids is 1. The molecule has 1 aromatic carbocycles. The fourth-order valence-corrected chi connectivity index (χ4v) is 2.14. The molecule has 20 heavy (non-hydrogen) atoms. The standard InChI is InChI=1S/C14H18N2O4/c1-9-4-2-3-5-10(9)6-15-14(19)16-12-8-20-7-11(12)13(17)18/h2-5,11-12H,6-8H2,1H3,(H,17,18)(H2,15,16,19). The molecule has 6 nitrogen and oxygen atoms in total. The summed E-state index contributed by atoms with van der Waals surface area (Å²) in [5.74, 6) is -1.63. The van der Waals surface area contributed by atoms with Crippen LogP contribution in [0.2, 0.25) is 0 Å². The number of carbonyl (C=O) groups is 2. The van der Waals surface area contributed by atoms with Gasteiger partial charge in [0.15, 0.2) is 0 Å². The molecule has 2 atom stereocenters. The van der Waals surface area contributed by atoms with Gasteiger partial charge >= 0.3 is 12.0 Å². The summed E-state index contributed by atoms with van der Waals surface area (Å²) >= 11 is 0. The Hall–Kier alpha value is -2.08. The number of benzene rings is 1. The first kappa shape index (κ1) is 14.3. The zero-order chi connectivity index (χ0) is 14.5. The Morgan fingerprint density at radius 1 is 1.35 bits per heavy atom. The Balaban J connectivity index is 1.84. The second-order valence-electron chi connectivity index (χ2n) is 4.84. The zero-order valence-corrected chi connectivity index (χ0v) is 11.3. The summed E-state index contributed by atoms with van der Waals surface area (Å²) in [6.45, 7) is 2.75. The summed E-state index contributed by atoms with van der Waals surface area (Å²) in [6.07, 6.45) is 0. The van der Waals surface area contributed by atoms with E-state index >= 15 is 0 Å². The van der Waals surface area contributed by atoms with Gasteiger partial charge in [0.1, 0.15) is 5.92 Å². The lowest BCUT2D eigenvalue weighted by atomic mass is 10.0. The van der Waals surface area contributed by atoms with Crippen molar-refractivity contribution in [3.05, 3.63) is 35.4 Å². The van der Waals surface area contributed by atoms with E-state index in [0.717, 1.165) is 11.1 Å². The molecule has 108 valence electrons. The van der Waals surface area contributed by atoms with Gasteiger partial charge in [-0.2, -0.15) is 0 Å². The molecule has 0 bridgehead atoms. The van der Waals surface area contributed by atoms with E-state index in [-0.39, 0.29) is 19.2 Å². The minimum atomic E-state index is -0.952. The van der Waals surface area contributed by atoms with Crippen molar-refractivity contribution in [2.24, 2.45) is 5.92 Å². The molecule has 1 heterocycles. The zero-order valence-electron chi connectivity index (χ0n) is 11.3. The number of amides is 2. The van der Waals surface area contributed by atoms with Crippen LogP contribution in [-0.4, -0.2) is 36.4 Å². The van der Waals surface area contributed by atoms with Crippen molar-refractivity contribution in [1.82, 2.24) is 10.6 Å². The topological polar surface area (TPSA) is 87.7 Å². The molecule has 1 saturated heterocycles. The highest BCUT2D eigenvalue weighted by molar-refractivity contribution is 5.77. The molecule has 2 amide bonds. The number of ether oxygens (including phenoxy) is 1. The van der Waals surface area contributed by atoms with Crippen LogP contribution in [0, 0.1) is 12.8 Å². The maximum atomic E-state index is 11.8. The third kappa shape index (κ3) is 3.48. The quantitative estimate of drug-likeness (QED) is 0.763. The predicted octanol–water partition coefficient (Wildman–Crippen LogP) is 0.894. The van der Waals surface area contributed by atoms with Gasteiger partial charge in [-0.15, -0.1) is 0 Å². The lowest BCUT2D eigenvalue weighted by Gasteiger charge is -2.16. The fourth-order valence-electron chi connectivity index (χ4n) is 2.14. The van der Waals surface area contributed by atoms with E-state index in [0.29, 0.717) is 6.54 Å². The van der Waals surface area contributed by atoms with E-state index in [2.05, 4.69) is 10.6 Å². The van der Waals surface area contributed by atoms with Gasteiger partial charge in [0.05, 0.1) is 19.3 Å². The Kier molecular flexibility index (Phi) is 4.57. The van der Waals surface area contributed by atoms with E-state index in [1.54, 1.807) is 0 Å². The number of carboxylic acids is 1. The molecular weight excluding hydrogens is 260 g/mol. The SMILES string of the molecule is Cc1ccccc1CNC(=O)NC1COCC1C(=O)O. The number of carbonyl (C=O) groups excluding carboxylic acids is 1. The van der Waals surface area contributed by atoms with Gasteiger partial charge in [0, 0.05) is 6.54 Å². The Labute approximate surface area is 117 Å². The van der Waals surface area contributed by atoms with Gasteiger partial charge in [-0.3, -0.25) is 4.79 Å². The molecule has 1 aromatic rings. The number of rotatable bonds is 4. The number of aryl methyl sites for hydroxylation is 1. The lowest BCUT2D eigenvalue weighted by Crippen LogP contribution is -2.47. The molecule has 1 fully saturated rings. The second kappa shape index (κ2) is 6.38. The molecule has 0 spiro atoms. The highest BCUT2D eigenvalue weighted by Gasteiger charge is 2.34. The van der Waals surface area contributed by atoms with Crippen molar-refractivity contribution < 1.29 is 19.4 Å². The first-order valence-corrected chi connectivity index (χ1v) is 6.47. The monoisotopic (exact) mass is 278 g/mol. The molecule has 0 radical (unpaired) electrons. The van der Waals surface area contributed by atoms with Gasteiger partial charge in [0.25, 0.3) is 0 Å². The first-order valence-electron chi connectivity index (χ1n) is 6.47. The van der Waals surface area contributed by atoms with E-state index in [9.17, 15) is 9.59 Å². The maximum Gasteiger partial charge on any atom is 0.315 e. The summed E-state index contributed by atoms with van der Waals surface area (Å²) in [5, 5.41) is 14.4. The minimum Gasteiger partial charge on any atom is -0.481 e. The van der Waals surface area contributed by atoms with Crippen molar-refractivity contribution >= 4 is 12.0 Å². The largest absolute Gasteiger partial charge is 0.481 e. The van der Waals surface area contributed by atoms with Gasteiger partial charge < -0.3 is 20.5 Å². The maximum absolute atomic E-state index is 11.8.